The maximum atomic E-state index is 12.5. The van der Waals surface area contributed by atoms with E-state index in [-0.39, 0.29) is 17.2 Å². The molecule has 3 aromatic carbocycles. The summed E-state index contributed by atoms with van der Waals surface area (Å²) in [6.45, 7) is 0. The van der Waals surface area contributed by atoms with Gasteiger partial charge in [0.1, 0.15) is 5.84 Å². The van der Waals surface area contributed by atoms with Crippen LogP contribution in [0.4, 0.5) is 0 Å². The number of hydrogen-bond acceptors (Lipinski definition) is 7. The van der Waals surface area contributed by atoms with Gasteiger partial charge in [0.05, 0.1) is 16.7 Å². The summed E-state index contributed by atoms with van der Waals surface area (Å²) in [6, 6.07) is 17.9. The van der Waals surface area contributed by atoms with Crippen molar-refractivity contribution in [1.29, 1.82) is 5.41 Å². The van der Waals surface area contributed by atoms with Crippen molar-refractivity contribution >= 4 is 31.8 Å². The molecule has 1 atom stereocenters. The zero-order valence-corrected chi connectivity index (χ0v) is 20.1. The molecule has 0 bridgehead atoms. The Balaban J connectivity index is 1.68. The smallest absolute Gasteiger partial charge is 0.250 e. The Kier molecular flexibility index (Phi) is 7.70. The number of primary sulfonamides is 1. The van der Waals surface area contributed by atoms with Crippen LogP contribution in [0.15, 0.2) is 77.7 Å². The summed E-state index contributed by atoms with van der Waals surface area (Å²) in [6.07, 6.45) is 0.0562. The Hall–Kier alpha value is -3.58. The average Bonchev–Trinajstić information content (AvgIpc) is 2.78. The second kappa shape index (κ2) is 10.4. The molecule has 0 unspecified atom stereocenters. The Bertz CT molecular complexity index is 1470. The molecular formula is C23H25N5O5S2. The number of amidine groups is 1. The SMILES string of the molecule is N=C(N)c1cccc(C[C@H](N)C(=O)NS(=O)(=O)Cc2ccc(-c3ccccc3S(N)(=O)=O)cc2)c1. The van der Waals surface area contributed by atoms with Crippen LogP contribution >= 0.6 is 0 Å². The minimum atomic E-state index is -4.05. The molecule has 35 heavy (non-hydrogen) atoms. The first kappa shape index (κ1) is 26.0. The van der Waals surface area contributed by atoms with Crippen molar-refractivity contribution in [2.75, 3.05) is 0 Å². The molecule has 0 fully saturated rings. The van der Waals surface area contributed by atoms with Crippen LogP contribution in [0.25, 0.3) is 11.1 Å². The van der Waals surface area contributed by atoms with E-state index in [9.17, 15) is 21.6 Å². The normalized spacial score (nSPS) is 12.6. The van der Waals surface area contributed by atoms with Gasteiger partial charge in [-0.05, 0) is 35.2 Å². The van der Waals surface area contributed by atoms with Crippen molar-refractivity contribution in [3.8, 4) is 11.1 Å². The van der Waals surface area contributed by atoms with Gasteiger partial charge in [0.15, 0.2) is 0 Å². The van der Waals surface area contributed by atoms with Gasteiger partial charge in [-0.2, -0.15) is 0 Å². The quantitative estimate of drug-likeness (QED) is 0.205. The molecule has 1 amide bonds. The molecule has 3 aromatic rings. The van der Waals surface area contributed by atoms with Gasteiger partial charge >= 0.3 is 0 Å². The van der Waals surface area contributed by atoms with Crippen molar-refractivity contribution in [2.45, 2.75) is 23.1 Å². The summed E-state index contributed by atoms with van der Waals surface area (Å²) < 4.78 is 50.7. The lowest BCUT2D eigenvalue weighted by Crippen LogP contribution is -2.44. The van der Waals surface area contributed by atoms with E-state index in [1.807, 2.05) is 4.72 Å². The van der Waals surface area contributed by atoms with Gasteiger partial charge in [-0.25, -0.2) is 22.0 Å². The maximum Gasteiger partial charge on any atom is 0.250 e. The number of nitrogens with one attached hydrogen (secondary N) is 2. The lowest BCUT2D eigenvalue weighted by atomic mass is 10.0. The third kappa shape index (κ3) is 6.96. The first-order valence-electron chi connectivity index (χ1n) is 10.3. The molecule has 0 radical (unpaired) electrons. The predicted octanol–water partition coefficient (Wildman–Crippen LogP) is 0.801. The number of carbonyl (C=O) groups excluding carboxylic acids is 1. The van der Waals surface area contributed by atoms with Gasteiger partial charge in [-0.15, -0.1) is 0 Å². The summed E-state index contributed by atoms with van der Waals surface area (Å²) in [5, 5.41) is 12.8. The van der Waals surface area contributed by atoms with E-state index in [0.717, 1.165) is 0 Å². The number of nitrogens with two attached hydrogens (primary N) is 3. The molecule has 0 aliphatic rings. The summed E-state index contributed by atoms with van der Waals surface area (Å²) in [4.78, 5) is 12.3. The summed E-state index contributed by atoms with van der Waals surface area (Å²) in [5.74, 6) is -1.48. The van der Waals surface area contributed by atoms with Gasteiger partial charge in [-0.3, -0.25) is 14.9 Å². The number of sulfonamides is 2. The zero-order chi connectivity index (χ0) is 25.8. The molecule has 8 N–H and O–H groups in total. The minimum Gasteiger partial charge on any atom is -0.384 e. The van der Waals surface area contributed by atoms with Crippen molar-refractivity contribution in [3.63, 3.8) is 0 Å². The van der Waals surface area contributed by atoms with Crippen LogP contribution in [0.1, 0.15) is 16.7 Å². The number of carbonyl (C=O) groups is 1. The molecule has 0 spiro atoms. The maximum absolute atomic E-state index is 12.5. The van der Waals surface area contributed by atoms with Crippen LogP contribution in [-0.2, 0) is 37.0 Å². The van der Waals surface area contributed by atoms with Crippen molar-refractivity contribution < 1.29 is 21.6 Å². The van der Waals surface area contributed by atoms with Crippen molar-refractivity contribution in [3.05, 3.63) is 89.5 Å². The van der Waals surface area contributed by atoms with Crippen LogP contribution < -0.4 is 21.3 Å². The average molecular weight is 516 g/mol. The number of amides is 1. The van der Waals surface area contributed by atoms with E-state index in [1.165, 1.54) is 18.2 Å². The van der Waals surface area contributed by atoms with Crippen molar-refractivity contribution in [2.24, 2.45) is 16.6 Å². The molecule has 12 heteroatoms. The van der Waals surface area contributed by atoms with Gasteiger partial charge < -0.3 is 11.5 Å². The third-order valence-corrected chi connectivity index (χ3v) is 7.30. The highest BCUT2D eigenvalue weighted by Crippen LogP contribution is 2.27. The van der Waals surface area contributed by atoms with E-state index < -0.39 is 37.7 Å². The largest absolute Gasteiger partial charge is 0.384 e. The molecule has 0 saturated heterocycles. The number of nitrogen functional groups attached to an aromatic ring is 1. The third-order valence-electron chi connectivity index (χ3n) is 5.10. The van der Waals surface area contributed by atoms with Gasteiger partial charge in [0, 0.05) is 11.1 Å². The molecule has 10 nitrogen and oxygen atoms in total. The molecule has 0 aromatic heterocycles. The molecule has 0 aliphatic carbocycles. The van der Waals surface area contributed by atoms with Gasteiger partial charge in [-0.1, -0.05) is 60.7 Å². The standard InChI is InChI=1S/C23H25N5O5S2/c24-20(13-16-4-3-5-18(12-16)22(25)26)23(29)28-34(30,31)14-15-8-10-17(11-9-15)19-6-1-2-7-21(19)35(27,32)33/h1-12,20H,13-14,24H2,(H3,25,26)(H,28,29)(H2,27,32,33)/t20-/m0/s1. The number of rotatable bonds is 9. The lowest BCUT2D eigenvalue weighted by molar-refractivity contribution is -0.120. The Morgan fingerprint density at radius 1 is 0.914 bits per heavy atom. The second-order valence-corrected chi connectivity index (χ2v) is 11.1. The van der Waals surface area contributed by atoms with Crippen LogP contribution in [-0.4, -0.2) is 34.6 Å². The van der Waals surface area contributed by atoms with E-state index in [0.29, 0.717) is 27.8 Å². The highest BCUT2D eigenvalue weighted by molar-refractivity contribution is 7.89. The van der Waals surface area contributed by atoms with Gasteiger partial charge in [0.25, 0.3) is 5.91 Å². The summed E-state index contributed by atoms with van der Waals surface area (Å²) in [5.41, 5.74) is 13.8. The molecule has 3 rings (SSSR count). The lowest BCUT2D eigenvalue weighted by Gasteiger charge is -2.14. The Labute approximate surface area is 203 Å². The zero-order valence-electron chi connectivity index (χ0n) is 18.5. The topological polar surface area (TPSA) is 199 Å². The van der Waals surface area contributed by atoms with E-state index in [4.69, 9.17) is 22.0 Å². The molecule has 0 saturated carbocycles. The van der Waals surface area contributed by atoms with E-state index >= 15 is 0 Å². The van der Waals surface area contributed by atoms with Crippen molar-refractivity contribution in [1.82, 2.24) is 4.72 Å². The fraction of sp³-hybridized carbons (Fsp3) is 0.130. The van der Waals surface area contributed by atoms with E-state index in [1.54, 1.807) is 54.6 Å². The fourth-order valence-electron chi connectivity index (χ4n) is 3.43. The predicted molar refractivity (Wildman–Crippen MR) is 133 cm³/mol. The Morgan fingerprint density at radius 2 is 1.57 bits per heavy atom. The Morgan fingerprint density at radius 3 is 2.20 bits per heavy atom. The van der Waals surface area contributed by atoms with E-state index in [2.05, 4.69) is 0 Å². The summed E-state index contributed by atoms with van der Waals surface area (Å²) in [7, 11) is -7.99. The highest BCUT2D eigenvalue weighted by Gasteiger charge is 2.22. The first-order chi connectivity index (χ1) is 16.4. The second-order valence-electron chi connectivity index (χ2n) is 7.89. The first-order valence-corrected chi connectivity index (χ1v) is 13.5. The van der Waals surface area contributed by atoms with Crippen LogP contribution in [0.5, 0.6) is 0 Å². The molecule has 0 heterocycles. The summed E-state index contributed by atoms with van der Waals surface area (Å²) >= 11 is 0. The number of hydrogen-bond donors (Lipinski definition) is 5. The molecule has 0 aliphatic heterocycles. The monoisotopic (exact) mass is 515 g/mol. The van der Waals surface area contributed by atoms with Crippen LogP contribution in [0.2, 0.25) is 0 Å². The fourth-order valence-corrected chi connectivity index (χ4v) is 5.35. The van der Waals surface area contributed by atoms with Gasteiger partial charge in [0.2, 0.25) is 20.0 Å². The molecular weight excluding hydrogens is 490 g/mol. The number of benzene rings is 3. The van der Waals surface area contributed by atoms with Crippen LogP contribution in [0, 0.1) is 5.41 Å². The molecule has 184 valence electrons. The minimum absolute atomic E-state index is 0.0459. The van der Waals surface area contributed by atoms with Crippen LogP contribution in [0.3, 0.4) is 0 Å². The highest BCUT2D eigenvalue weighted by atomic mass is 32.2.